The first-order chi connectivity index (χ1) is 10.2. The Morgan fingerprint density at radius 1 is 1.19 bits per heavy atom. The standard InChI is InChI=1S/C16H22N2O3/c1-12-16(13-5-2-3-6-14(13)17-12)15(21)11-18(8-10-20)7-4-9-19/h2-3,5-6,17,19-20H,4,7-11H2,1H3. The molecule has 0 spiro atoms. The Morgan fingerprint density at radius 2 is 1.95 bits per heavy atom. The van der Waals surface area contributed by atoms with Crippen LogP contribution in [0.3, 0.4) is 0 Å². The van der Waals surface area contributed by atoms with E-state index in [1.54, 1.807) is 0 Å². The van der Waals surface area contributed by atoms with E-state index in [-0.39, 0.29) is 25.5 Å². The van der Waals surface area contributed by atoms with Gasteiger partial charge in [-0.05, 0) is 19.4 Å². The van der Waals surface area contributed by atoms with E-state index in [1.807, 2.05) is 36.1 Å². The number of aliphatic hydroxyl groups is 2. The molecule has 3 N–H and O–H groups in total. The first kappa shape index (κ1) is 15.7. The summed E-state index contributed by atoms with van der Waals surface area (Å²) in [5.41, 5.74) is 2.55. The number of rotatable bonds is 8. The summed E-state index contributed by atoms with van der Waals surface area (Å²) in [5.74, 6) is 0.0383. The number of carbonyl (C=O) groups excluding carboxylic acids is 1. The second-order valence-electron chi connectivity index (χ2n) is 5.17. The first-order valence-electron chi connectivity index (χ1n) is 7.22. The number of ketones is 1. The Bertz CT molecular complexity index is 607. The van der Waals surface area contributed by atoms with Crippen molar-refractivity contribution in [1.82, 2.24) is 9.88 Å². The lowest BCUT2D eigenvalue weighted by atomic mass is 10.1. The van der Waals surface area contributed by atoms with Crippen LogP contribution < -0.4 is 0 Å². The second-order valence-corrected chi connectivity index (χ2v) is 5.17. The highest BCUT2D eigenvalue weighted by molar-refractivity contribution is 6.10. The third kappa shape index (κ3) is 3.69. The average molecular weight is 290 g/mol. The fourth-order valence-corrected chi connectivity index (χ4v) is 2.62. The highest BCUT2D eigenvalue weighted by Gasteiger charge is 2.18. The molecule has 1 aromatic heterocycles. The molecule has 2 aromatic rings. The Hall–Kier alpha value is -1.69. The van der Waals surface area contributed by atoms with Crippen LogP contribution in [-0.4, -0.2) is 58.7 Å². The van der Waals surface area contributed by atoms with E-state index in [9.17, 15) is 4.79 Å². The Kier molecular flexibility index (Phi) is 5.50. The number of Topliss-reactive ketones (excluding diaryl/α,β-unsaturated/α-hetero) is 1. The van der Waals surface area contributed by atoms with Gasteiger partial charge in [0.2, 0.25) is 0 Å². The summed E-state index contributed by atoms with van der Waals surface area (Å²) in [6, 6.07) is 7.75. The van der Waals surface area contributed by atoms with E-state index in [2.05, 4.69) is 4.98 Å². The summed E-state index contributed by atoms with van der Waals surface area (Å²) in [7, 11) is 0. The molecule has 5 nitrogen and oxygen atoms in total. The van der Waals surface area contributed by atoms with Gasteiger partial charge in [-0.3, -0.25) is 9.69 Å². The summed E-state index contributed by atoms with van der Waals surface area (Å²) >= 11 is 0. The van der Waals surface area contributed by atoms with Gasteiger partial charge in [-0.2, -0.15) is 0 Å². The number of H-pyrrole nitrogens is 1. The molecule has 0 radical (unpaired) electrons. The summed E-state index contributed by atoms with van der Waals surface area (Å²) in [6.45, 7) is 3.28. The van der Waals surface area contributed by atoms with Crippen molar-refractivity contribution in [2.75, 3.05) is 32.8 Å². The van der Waals surface area contributed by atoms with Gasteiger partial charge in [0.15, 0.2) is 5.78 Å². The van der Waals surface area contributed by atoms with E-state index in [1.165, 1.54) is 0 Å². The van der Waals surface area contributed by atoms with Gasteiger partial charge >= 0.3 is 0 Å². The molecule has 0 aliphatic rings. The SMILES string of the molecule is Cc1[nH]c2ccccc2c1C(=O)CN(CCO)CCCO. The van der Waals surface area contributed by atoms with Crippen LogP contribution in [0.15, 0.2) is 24.3 Å². The minimum Gasteiger partial charge on any atom is -0.396 e. The zero-order chi connectivity index (χ0) is 15.2. The van der Waals surface area contributed by atoms with Crippen LogP contribution in [0.25, 0.3) is 10.9 Å². The van der Waals surface area contributed by atoms with Crippen molar-refractivity contribution in [2.45, 2.75) is 13.3 Å². The summed E-state index contributed by atoms with van der Waals surface area (Å²) in [6.07, 6.45) is 0.597. The molecule has 21 heavy (non-hydrogen) atoms. The first-order valence-corrected chi connectivity index (χ1v) is 7.22. The normalized spacial score (nSPS) is 11.4. The number of nitrogens with one attached hydrogen (secondary N) is 1. The molecule has 5 heteroatoms. The third-order valence-electron chi connectivity index (χ3n) is 3.59. The zero-order valence-electron chi connectivity index (χ0n) is 12.3. The molecule has 1 aromatic carbocycles. The number of nitrogens with zero attached hydrogens (tertiary/aromatic N) is 1. The molecule has 0 aliphatic carbocycles. The van der Waals surface area contributed by atoms with E-state index in [0.717, 1.165) is 22.2 Å². The molecule has 0 saturated carbocycles. The number of aromatic nitrogens is 1. The van der Waals surface area contributed by atoms with Crippen molar-refractivity contribution >= 4 is 16.7 Å². The highest BCUT2D eigenvalue weighted by atomic mass is 16.3. The second kappa shape index (κ2) is 7.36. The van der Waals surface area contributed by atoms with Crippen LogP contribution in [0, 0.1) is 6.92 Å². The predicted molar refractivity (Wildman–Crippen MR) is 82.6 cm³/mol. The maximum absolute atomic E-state index is 12.6. The largest absolute Gasteiger partial charge is 0.396 e. The topological polar surface area (TPSA) is 76.6 Å². The van der Waals surface area contributed by atoms with Crippen LogP contribution in [0.1, 0.15) is 22.5 Å². The van der Waals surface area contributed by atoms with Crippen molar-refractivity contribution in [3.8, 4) is 0 Å². The third-order valence-corrected chi connectivity index (χ3v) is 3.59. The molecule has 2 rings (SSSR count). The van der Waals surface area contributed by atoms with E-state index in [4.69, 9.17) is 10.2 Å². The van der Waals surface area contributed by atoms with Crippen LogP contribution in [0.4, 0.5) is 0 Å². The minimum atomic E-state index is 0.00553. The van der Waals surface area contributed by atoms with Crippen molar-refractivity contribution in [3.63, 3.8) is 0 Å². The Morgan fingerprint density at radius 3 is 2.67 bits per heavy atom. The number of para-hydroxylation sites is 1. The summed E-state index contributed by atoms with van der Waals surface area (Å²) in [5, 5.41) is 18.9. The van der Waals surface area contributed by atoms with Crippen LogP contribution in [0.5, 0.6) is 0 Å². The van der Waals surface area contributed by atoms with Crippen molar-refractivity contribution in [1.29, 1.82) is 0 Å². The van der Waals surface area contributed by atoms with Gasteiger partial charge in [0.05, 0.1) is 13.2 Å². The monoisotopic (exact) mass is 290 g/mol. The van der Waals surface area contributed by atoms with E-state index < -0.39 is 0 Å². The van der Waals surface area contributed by atoms with Gasteiger partial charge in [-0.1, -0.05) is 18.2 Å². The number of benzene rings is 1. The fourth-order valence-electron chi connectivity index (χ4n) is 2.62. The maximum atomic E-state index is 12.6. The lowest BCUT2D eigenvalue weighted by molar-refractivity contribution is 0.0908. The van der Waals surface area contributed by atoms with Crippen molar-refractivity contribution in [2.24, 2.45) is 0 Å². The number of aromatic amines is 1. The highest BCUT2D eigenvalue weighted by Crippen LogP contribution is 2.22. The van der Waals surface area contributed by atoms with Crippen LogP contribution >= 0.6 is 0 Å². The molecule has 0 amide bonds. The maximum Gasteiger partial charge on any atom is 0.179 e. The predicted octanol–water partition coefficient (Wildman–Crippen LogP) is 1.34. The molecular weight excluding hydrogens is 268 g/mol. The molecule has 0 unspecified atom stereocenters. The minimum absolute atomic E-state index is 0.00553. The fraction of sp³-hybridized carbons (Fsp3) is 0.438. The number of hydrogen-bond acceptors (Lipinski definition) is 4. The number of aryl methyl sites for hydroxylation is 1. The van der Waals surface area contributed by atoms with Crippen LogP contribution in [0.2, 0.25) is 0 Å². The molecule has 0 atom stereocenters. The van der Waals surface area contributed by atoms with Crippen molar-refractivity contribution < 1.29 is 15.0 Å². The van der Waals surface area contributed by atoms with Crippen LogP contribution in [-0.2, 0) is 0 Å². The molecule has 114 valence electrons. The van der Waals surface area contributed by atoms with Gasteiger partial charge in [0.1, 0.15) is 0 Å². The lowest BCUT2D eigenvalue weighted by Gasteiger charge is -2.20. The summed E-state index contributed by atoms with van der Waals surface area (Å²) < 4.78 is 0. The molecule has 0 aliphatic heterocycles. The van der Waals surface area contributed by atoms with E-state index >= 15 is 0 Å². The number of fused-ring (bicyclic) bond motifs is 1. The molecule has 1 heterocycles. The number of hydrogen-bond donors (Lipinski definition) is 3. The molecular formula is C16H22N2O3. The zero-order valence-corrected chi connectivity index (χ0v) is 12.3. The smallest absolute Gasteiger partial charge is 0.179 e. The van der Waals surface area contributed by atoms with Crippen molar-refractivity contribution in [3.05, 3.63) is 35.5 Å². The van der Waals surface area contributed by atoms with Gasteiger partial charge in [-0.15, -0.1) is 0 Å². The molecule has 0 saturated heterocycles. The van der Waals surface area contributed by atoms with Gasteiger partial charge in [-0.25, -0.2) is 0 Å². The van der Waals surface area contributed by atoms with Gasteiger partial charge in [0.25, 0.3) is 0 Å². The van der Waals surface area contributed by atoms with E-state index in [0.29, 0.717) is 19.5 Å². The summed E-state index contributed by atoms with van der Waals surface area (Å²) in [4.78, 5) is 17.7. The lowest BCUT2D eigenvalue weighted by Crippen LogP contribution is -2.33. The quantitative estimate of drug-likeness (QED) is 0.641. The number of aliphatic hydroxyl groups excluding tert-OH is 2. The molecule has 0 bridgehead atoms. The Balaban J connectivity index is 2.19. The van der Waals surface area contributed by atoms with Gasteiger partial charge < -0.3 is 15.2 Å². The Labute approximate surface area is 124 Å². The average Bonchev–Trinajstić information content (AvgIpc) is 2.80. The number of carbonyl (C=O) groups is 1. The molecule has 0 fully saturated rings. The van der Waals surface area contributed by atoms with Gasteiger partial charge in [0, 0.05) is 41.9 Å².